The first-order chi connectivity index (χ1) is 12.5. The standard InChI is InChI=1S/C15H20N6O4S/c16-14(22)10-20(26(23)24)12-6-4-11(5-7-12)15-17-19-21(18-15)9-13-3-1-2-8-25-13/h4-7,13H,1-3,8-10H2,(H2,16,22)(H,23,24)/p-1. The number of hydrogen-bond acceptors (Lipinski definition) is 7. The number of carbonyl (C=O) groups is 1. The number of rotatable bonds is 7. The molecule has 2 unspecified atom stereocenters. The maximum atomic E-state index is 11.3. The number of nitrogens with two attached hydrogens (primary N) is 1. The second kappa shape index (κ2) is 8.34. The Morgan fingerprint density at radius 2 is 2.15 bits per heavy atom. The summed E-state index contributed by atoms with van der Waals surface area (Å²) >= 11 is -2.61. The third kappa shape index (κ3) is 4.62. The van der Waals surface area contributed by atoms with Gasteiger partial charge in [-0.05, 0) is 48.7 Å². The summed E-state index contributed by atoms with van der Waals surface area (Å²) in [5, 5.41) is 12.4. The molecule has 1 fully saturated rings. The van der Waals surface area contributed by atoms with Crippen LogP contribution < -0.4 is 10.0 Å². The quantitative estimate of drug-likeness (QED) is 0.668. The first-order valence-electron chi connectivity index (χ1n) is 8.18. The summed E-state index contributed by atoms with van der Waals surface area (Å²) in [6.07, 6.45) is 3.30. The number of ether oxygens (including phenoxy) is 1. The molecule has 1 saturated heterocycles. The van der Waals surface area contributed by atoms with E-state index in [4.69, 9.17) is 10.5 Å². The predicted octanol–water partition coefficient (Wildman–Crippen LogP) is -0.00500. The number of carbonyl (C=O) groups excluding carboxylic acids is 1. The molecule has 1 aromatic heterocycles. The van der Waals surface area contributed by atoms with E-state index in [0.29, 0.717) is 23.6 Å². The Balaban J connectivity index is 1.70. The van der Waals surface area contributed by atoms with Crippen molar-refractivity contribution in [3.05, 3.63) is 24.3 Å². The molecule has 2 atom stereocenters. The van der Waals surface area contributed by atoms with Crippen LogP contribution in [0.1, 0.15) is 19.3 Å². The van der Waals surface area contributed by atoms with Gasteiger partial charge >= 0.3 is 0 Å². The van der Waals surface area contributed by atoms with Gasteiger partial charge in [-0.25, -0.2) is 0 Å². The SMILES string of the molecule is NC(=O)CN(c1ccc(-c2nnn(CC3CCCCO3)n2)cc1)S(=O)[O-]. The molecule has 0 saturated carbocycles. The van der Waals surface area contributed by atoms with Gasteiger partial charge in [-0.15, -0.1) is 10.2 Å². The lowest BCUT2D eigenvalue weighted by Crippen LogP contribution is -2.35. The highest BCUT2D eigenvalue weighted by Crippen LogP contribution is 2.21. The van der Waals surface area contributed by atoms with Gasteiger partial charge in [0.2, 0.25) is 11.7 Å². The summed E-state index contributed by atoms with van der Waals surface area (Å²) in [7, 11) is 0. The largest absolute Gasteiger partial charge is 0.755 e. The zero-order valence-corrected chi connectivity index (χ0v) is 14.8. The fourth-order valence-corrected chi connectivity index (χ4v) is 3.24. The van der Waals surface area contributed by atoms with Crippen molar-refractivity contribution in [1.82, 2.24) is 20.2 Å². The fraction of sp³-hybridized carbons (Fsp3) is 0.467. The number of anilines is 1. The van der Waals surface area contributed by atoms with Crippen LogP contribution in [-0.4, -0.2) is 54.1 Å². The van der Waals surface area contributed by atoms with E-state index in [1.165, 1.54) is 4.80 Å². The molecule has 2 aromatic rings. The van der Waals surface area contributed by atoms with Crippen LogP contribution in [0.25, 0.3) is 11.4 Å². The van der Waals surface area contributed by atoms with E-state index in [1.54, 1.807) is 24.3 Å². The molecule has 140 valence electrons. The molecular formula is C15H19N6O4S-. The second-order valence-electron chi connectivity index (χ2n) is 5.92. The minimum atomic E-state index is -2.61. The Morgan fingerprint density at radius 1 is 1.38 bits per heavy atom. The van der Waals surface area contributed by atoms with Gasteiger partial charge in [-0.1, -0.05) is 0 Å². The highest BCUT2D eigenvalue weighted by Gasteiger charge is 2.17. The van der Waals surface area contributed by atoms with Gasteiger partial charge in [-0.2, -0.15) is 4.80 Å². The number of hydrogen-bond donors (Lipinski definition) is 1. The maximum Gasteiger partial charge on any atom is 0.238 e. The molecular weight excluding hydrogens is 360 g/mol. The maximum absolute atomic E-state index is 11.3. The summed E-state index contributed by atoms with van der Waals surface area (Å²) < 4.78 is 29.0. The van der Waals surface area contributed by atoms with E-state index in [9.17, 15) is 13.6 Å². The fourth-order valence-electron chi connectivity index (χ4n) is 2.72. The first kappa shape index (κ1) is 18.4. The van der Waals surface area contributed by atoms with Crippen molar-refractivity contribution in [2.45, 2.75) is 31.9 Å². The van der Waals surface area contributed by atoms with Crippen LogP contribution in [0.4, 0.5) is 5.69 Å². The number of amides is 1. The summed E-state index contributed by atoms with van der Waals surface area (Å²) in [6.45, 7) is 0.883. The number of aromatic nitrogens is 4. The lowest BCUT2D eigenvalue weighted by molar-refractivity contribution is -0.116. The molecule has 1 aliphatic heterocycles. The number of tetrazole rings is 1. The zero-order valence-electron chi connectivity index (χ0n) is 14.0. The van der Waals surface area contributed by atoms with Gasteiger partial charge in [0.05, 0.1) is 12.6 Å². The Hall–Kier alpha value is -2.37. The van der Waals surface area contributed by atoms with E-state index >= 15 is 0 Å². The van der Waals surface area contributed by atoms with Crippen molar-refractivity contribution in [2.75, 3.05) is 17.5 Å². The lowest BCUT2D eigenvalue weighted by Gasteiger charge is -2.24. The smallest absolute Gasteiger partial charge is 0.238 e. The third-order valence-corrected chi connectivity index (χ3v) is 4.69. The van der Waals surface area contributed by atoms with Crippen LogP contribution in [0.15, 0.2) is 24.3 Å². The molecule has 10 nitrogen and oxygen atoms in total. The van der Waals surface area contributed by atoms with E-state index in [0.717, 1.165) is 30.2 Å². The monoisotopic (exact) mass is 379 g/mol. The number of primary amides is 1. The summed E-state index contributed by atoms with van der Waals surface area (Å²) in [6, 6.07) is 6.43. The summed E-state index contributed by atoms with van der Waals surface area (Å²) in [5.74, 6) is -0.315. The van der Waals surface area contributed by atoms with Gasteiger partial charge in [0.25, 0.3) is 0 Å². The minimum absolute atomic E-state index is 0.0996. The van der Waals surface area contributed by atoms with Crippen LogP contribution in [0.3, 0.4) is 0 Å². The Morgan fingerprint density at radius 3 is 2.77 bits per heavy atom. The summed E-state index contributed by atoms with van der Waals surface area (Å²) in [5.41, 5.74) is 6.08. The molecule has 1 amide bonds. The van der Waals surface area contributed by atoms with Gasteiger partial charge in [-0.3, -0.25) is 13.3 Å². The molecule has 0 bridgehead atoms. The van der Waals surface area contributed by atoms with E-state index in [2.05, 4.69) is 15.4 Å². The first-order valence-corrected chi connectivity index (χ1v) is 9.21. The average molecular weight is 379 g/mol. The highest BCUT2D eigenvalue weighted by molar-refractivity contribution is 7.80. The molecule has 2 heterocycles. The highest BCUT2D eigenvalue weighted by atomic mass is 32.2. The van der Waals surface area contributed by atoms with Crippen LogP contribution in [0.2, 0.25) is 0 Å². The van der Waals surface area contributed by atoms with Crippen molar-refractivity contribution >= 4 is 22.9 Å². The van der Waals surface area contributed by atoms with Crippen LogP contribution in [0.5, 0.6) is 0 Å². The van der Waals surface area contributed by atoms with Crippen molar-refractivity contribution < 1.29 is 18.3 Å². The van der Waals surface area contributed by atoms with Crippen molar-refractivity contribution in [2.24, 2.45) is 5.73 Å². The molecule has 11 heteroatoms. The van der Waals surface area contributed by atoms with Crippen molar-refractivity contribution in [3.8, 4) is 11.4 Å². The normalized spacial score (nSPS) is 18.4. The van der Waals surface area contributed by atoms with E-state index in [1.807, 2.05) is 0 Å². The average Bonchev–Trinajstić information content (AvgIpc) is 3.09. The minimum Gasteiger partial charge on any atom is -0.755 e. The molecule has 1 aliphatic rings. The third-order valence-electron chi connectivity index (χ3n) is 3.99. The molecule has 26 heavy (non-hydrogen) atoms. The van der Waals surface area contributed by atoms with Crippen LogP contribution in [-0.2, 0) is 27.3 Å². The second-order valence-corrected chi connectivity index (χ2v) is 6.80. The zero-order chi connectivity index (χ0) is 18.5. The Labute approximate surface area is 152 Å². The van der Waals surface area contributed by atoms with Gasteiger partial charge in [0.15, 0.2) is 0 Å². The van der Waals surface area contributed by atoms with E-state index in [-0.39, 0.29) is 6.10 Å². The molecule has 0 aliphatic carbocycles. The molecule has 1 aromatic carbocycles. The number of nitrogens with zero attached hydrogens (tertiary/aromatic N) is 5. The molecule has 3 rings (SSSR count). The topological polar surface area (TPSA) is 139 Å². The Kier molecular flexibility index (Phi) is 5.91. The van der Waals surface area contributed by atoms with Crippen molar-refractivity contribution in [1.29, 1.82) is 0 Å². The van der Waals surface area contributed by atoms with Crippen LogP contribution in [0, 0.1) is 0 Å². The summed E-state index contributed by atoms with van der Waals surface area (Å²) in [4.78, 5) is 12.5. The van der Waals surface area contributed by atoms with E-state index < -0.39 is 23.7 Å². The lowest BCUT2D eigenvalue weighted by atomic mass is 10.1. The predicted molar refractivity (Wildman–Crippen MR) is 92.3 cm³/mol. The molecule has 2 N–H and O–H groups in total. The molecule has 0 radical (unpaired) electrons. The van der Waals surface area contributed by atoms with Crippen LogP contribution >= 0.6 is 0 Å². The molecule has 0 spiro atoms. The van der Waals surface area contributed by atoms with Crippen molar-refractivity contribution in [3.63, 3.8) is 0 Å². The Bertz CT molecular complexity index is 775. The van der Waals surface area contributed by atoms with Gasteiger partial charge < -0.3 is 15.0 Å². The van der Waals surface area contributed by atoms with Gasteiger partial charge in [0.1, 0.15) is 6.54 Å². The number of benzene rings is 1. The van der Waals surface area contributed by atoms with Gasteiger partial charge in [0, 0.05) is 29.1 Å².